The largest absolute Gasteiger partial charge is 0.493 e. The molecule has 1 aliphatic rings. The number of halogens is 1. The van der Waals surface area contributed by atoms with Crippen molar-refractivity contribution < 1.29 is 23.8 Å². The first kappa shape index (κ1) is 22.2. The molecule has 32 heavy (non-hydrogen) atoms. The van der Waals surface area contributed by atoms with Gasteiger partial charge in [-0.05, 0) is 41.8 Å². The Hall–Kier alpha value is -3.03. The van der Waals surface area contributed by atoms with Crippen molar-refractivity contribution in [2.45, 2.75) is 13.0 Å². The number of rotatable bonds is 6. The fourth-order valence-corrected chi connectivity index (χ4v) is 5.05. The molecule has 6 nitrogen and oxygen atoms in total. The molecule has 0 saturated heterocycles. The molecule has 0 saturated carbocycles. The normalized spacial score (nSPS) is 13.3. The van der Waals surface area contributed by atoms with E-state index in [4.69, 9.17) is 25.8 Å². The standard InChI is InChI=1S/C24H22ClNO5S/c1-29-18-11-15-9-10-26(13-16(15)12-19(18)30-2)22(27)14-31-23(28)8-7-21-24(25)17-5-3-4-6-20(17)32-21/h3-8,11-12H,9-10,13-14H2,1-2H3/b8-7+. The number of fused-ring (bicyclic) bond motifs is 2. The lowest BCUT2D eigenvalue weighted by molar-refractivity contribution is -0.148. The summed E-state index contributed by atoms with van der Waals surface area (Å²) in [4.78, 5) is 27.2. The van der Waals surface area contributed by atoms with Crippen LogP contribution in [-0.2, 0) is 27.3 Å². The van der Waals surface area contributed by atoms with Crippen LogP contribution in [0, 0.1) is 0 Å². The minimum atomic E-state index is -0.587. The van der Waals surface area contributed by atoms with Gasteiger partial charge >= 0.3 is 5.97 Å². The van der Waals surface area contributed by atoms with E-state index in [-0.39, 0.29) is 12.5 Å². The van der Waals surface area contributed by atoms with Gasteiger partial charge < -0.3 is 19.1 Å². The van der Waals surface area contributed by atoms with Crippen LogP contribution in [-0.4, -0.2) is 44.1 Å². The summed E-state index contributed by atoms with van der Waals surface area (Å²) in [5.74, 6) is 0.463. The van der Waals surface area contributed by atoms with Crippen LogP contribution in [0.5, 0.6) is 11.5 Å². The maximum absolute atomic E-state index is 12.6. The zero-order chi connectivity index (χ0) is 22.7. The van der Waals surface area contributed by atoms with Crippen molar-refractivity contribution in [2.75, 3.05) is 27.4 Å². The van der Waals surface area contributed by atoms with E-state index < -0.39 is 5.97 Å². The second-order valence-electron chi connectivity index (χ2n) is 7.26. The van der Waals surface area contributed by atoms with Crippen molar-refractivity contribution >= 4 is 51.0 Å². The predicted octanol–water partition coefficient (Wildman–Crippen LogP) is 4.71. The molecule has 8 heteroatoms. The molecular weight excluding hydrogens is 450 g/mol. The SMILES string of the molecule is COc1cc2c(cc1OC)CN(C(=O)COC(=O)/C=C/c1sc3ccccc3c1Cl)CC2. The quantitative estimate of drug-likeness (QED) is 0.384. The summed E-state index contributed by atoms with van der Waals surface area (Å²) in [6.07, 6.45) is 3.61. The van der Waals surface area contributed by atoms with Gasteiger partial charge in [-0.3, -0.25) is 4.79 Å². The van der Waals surface area contributed by atoms with Gasteiger partial charge in [-0.1, -0.05) is 29.8 Å². The average Bonchev–Trinajstić information content (AvgIpc) is 3.15. The average molecular weight is 472 g/mol. The fraction of sp³-hybridized carbons (Fsp3) is 0.250. The van der Waals surface area contributed by atoms with E-state index in [1.165, 1.54) is 17.4 Å². The maximum Gasteiger partial charge on any atom is 0.331 e. The first-order valence-corrected chi connectivity index (χ1v) is 11.2. The van der Waals surface area contributed by atoms with Crippen molar-refractivity contribution in [1.82, 2.24) is 4.90 Å². The van der Waals surface area contributed by atoms with Gasteiger partial charge in [0.1, 0.15) is 0 Å². The predicted molar refractivity (Wildman–Crippen MR) is 125 cm³/mol. The molecule has 0 radical (unpaired) electrons. The highest BCUT2D eigenvalue weighted by molar-refractivity contribution is 7.20. The Morgan fingerprint density at radius 1 is 1.12 bits per heavy atom. The van der Waals surface area contributed by atoms with Crippen LogP contribution >= 0.6 is 22.9 Å². The van der Waals surface area contributed by atoms with E-state index in [2.05, 4.69) is 0 Å². The molecule has 2 heterocycles. The zero-order valence-electron chi connectivity index (χ0n) is 17.7. The van der Waals surface area contributed by atoms with Crippen LogP contribution in [0.2, 0.25) is 5.02 Å². The maximum atomic E-state index is 12.6. The number of nitrogens with zero attached hydrogens (tertiary/aromatic N) is 1. The molecule has 3 aromatic rings. The highest BCUT2D eigenvalue weighted by Crippen LogP contribution is 2.36. The Kier molecular flexibility index (Phi) is 6.67. The lowest BCUT2D eigenvalue weighted by Gasteiger charge is -2.29. The summed E-state index contributed by atoms with van der Waals surface area (Å²) in [6, 6.07) is 11.6. The number of carbonyl (C=O) groups excluding carboxylic acids is 2. The van der Waals surface area contributed by atoms with Gasteiger partial charge in [0, 0.05) is 34.1 Å². The van der Waals surface area contributed by atoms with Crippen molar-refractivity contribution in [3.63, 3.8) is 0 Å². The summed E-state index contributed by atoms with van der Waals surface area (Å²) in [5, 5.41) is 1.55. The number of hydrogen-bond acceptors (Lipinski definition) is 6. The summed E-state index contributed by atoms with van der Waals surface area (Å²) in [5.41, 5.74) is 2.11. The molecule has 0 spiro atoms. The third-order valence-electron chi connectivity index (χ3n) is 5.34. The van der Waals surface area contributed by atoms with Crippen molar-refractivity contribution in [3.8, 4) is 11.5 Å². The van der Waals surface area contributed by atoms with Crippen LogP contribution in [0.25, 0.3) is 16.2 Å². The molecule has 1 aromatic heterocycles. The molecule has 1 aliphatic heterocycles. The molecule has 1 amide bonds. The third kappa shape index (κ3) is 4.59. The van der Waals surface area contributed by atoms with E-state index >= 15 is 0 Å². The lowest BCUT2D eigenvalue weighted by atomic mass is 9.99. The van der Waals surface area contributed by atoms with Gasteiger partial charge in [0.25, 0.3) is 5.91 Å². The van der Waals surface area contributed by atoms with Crippen molar-refractivity contribution in [2.24, 2.45) is 0 Å². The summed E-state index contributed by atoms with van der Waals surface area (Å²) < 4.78 is 16.9. The second-order valence-corrected chi connectivity index (χ2v) is 8.72. The van der Waals surface area contributed by atoms with Crippen LogP contribution in [0.1, 0.15) is 16.0 Å². The van der Waals surface area contributed by atoms with Gasteiger partial charge in [0.15, 0.2) is 18.1 Å². The Labute approximate surface area is 194 Å². The number of benzene rings is 2. The first-order valence-electron chi connectivity index (χ1n) is 10.0. The van der Waals surface area contributed by atoms with Gasteiger partial charge in [-0.25, -0.2) is 4.79 Å². The molecule has 166 valence electrons. The van der Waals surface area contributed by atoms with Gasteiger partial charge in [0.05, 0.1) is 19.2 Å². The van der Waals surface area contributed by atoms with E-state index in [1.54, 1.807) is 25.2 Å². The van der Waals surface area contributed by atoms with E-state index in [9.17, 15) is 9.59 Å². The monoisotopic (exact) mass is 471 g/mol. The minimum absolute atomic E-state index is 0.243. The Bertz CT molecular complexity index is 1200. The minimum Gasteiger partial charge on any atom is -0.493 e. The third-order valence-corrected chi connectivity index (χ3v) is 6.99. The number of methoxy groups -OCH3 is 2. The van der Waals surface area contributed by atoms with Gasteiger partial charge in [-0.2, -0.15) is 0 Å². The van der Waals surface area contributed by atoms with Crippen LogP contribution in [0.3, 0.4) is 0 Å². The molecule has 2 aromatic carbocycles. The molecule has 0 unspecified atom stereocenters. The zero-order valence-corrected chi connectivity index (χ0v) is 19.3. The fourth-order valence-electron chi connectivity index (χ4n) is 3.65. The van der Waals surface area contributed by atoms with Crippen LogP contribution in [0.15, 0.2) is 42.5 Å². The molecular formula is C24H22ClNO5S. The highest BCUT2D eigenvalue weighted by atomic mass is 35.5. The number of esters is 1. The number of ether oxygens (including phenoxy) is 3. The number of carbonyl (C=O) groups is 2. The molecule has 0 bridgehead atoms. The summed E-state index contributed by atoms with van der Waals surface area (Å²) >= 11 is 7.87. The van der Waals surface area contributed by atoms with E-state index in [0.717, 1.165) is 26.1 Å². The number of amides is 1. The van der Waals surface area contributed by atoms with E-state index in [0.29, 0.717) is 36.0 Å². The van der Waals surface area contributed by atoms with E-state index in [1.807, 2.05) is 36.4 Å². The Morgan fingerprint density at radius 2 is 1.84 bits per heavy atom. The van der Waals surface area contributed by atoms with Gasteiger partial charge in [-0.15, -0.1) is 11.3 Å². The lowest BCUT2D eigenvalue weighted by Crippen LogP contribution is -2.38. The van der Waals surface area contributed by atoms with Crippen LogP contribution in [0.4, 0.5) is 0 Å². The molecule has 0 aliphatic carbocycles. The highest BCUT2D eigenvalue weighted by Gasteiger charge is 2.23. The van der Waals surface area contributed by atoms with Crippen molar-refractivity contribution in [3.05, 3.63) is 63.5 Å². The van der Waals surface area contributed by atoms with Crippen LogP contribution < -0.4 is 9.47 Å². The first-order chi connectivity index (χ1) is 15.5. The second kappa shape index (κ2) is 9.63. The molecule has 0 atom stereocenters. The topological polar surface area (TPSA) is 65.1 Å². The molecule has 0 N–H and O–H groups in total. The van der Waals surface area contributed by atoms with Gasteiger partial charge in [0.2, 0.25) is 0 Å². The smallest absolute Gasteiger partial charge is 0.331 e. The number of thiophene rings is 1. The Balaban J connectivity index is 1.35. The van der Waals surface area contributed by atoms with Crippen molar-refractivity contribution in [1.29, 1.82) is 0 Å². The summed E-state index contributed by atoms with van der Waals surface area (Å²) in [6.45, 7) is 0.664. The number of hydrogen-bond donors (Lipinski definition) is 0. The molecule has 4 rings (SSSR count). The Morgan fingerprint density at radius 3 is 2.56 bits per heavy atom. The molecule has 0 fully saturated rings. The summed E-state index contributed by atoms with van der Waals surface area (Å²) in [7, 11) is 3.18.